The van der Waals surface area contributed by atoms with Crippen molar-refractivity contribution in [2.24, 2.45) is 5.92 Å². The average Bonchev–Trinajstić information content (AvgIpc) is 3.31. The second-order valence-corrected chi connectivity index (χ2v) is 6.07. The van der Waals surface area contributed by atoms with E-state index in [1.165, 1.54) is 11.8 Å². The number of nitrogens with zero attached hydrogens (tertiary/aromatic N) is 1. The van der Waals surface area contributed by atoms with Gasteiger partial charge in [-0.2, -0.15) is 0 Å². The number of amides is 1. The molecule has 0 heterocycles. The third-order valence-electron chi connectivity index (χ3n) is 3.57. The summed E-state index contributed by atoms with van der Waals surface area (Å²) in [7, 11) is 0. The number of benzene rings is 1. The van der Waals surface area contributed by atoms with Gasteiger partial charge in [0.2, 0.25) is 5.91 Å². The fourth-order valence-electron chi connectivity index (χ4n) is 2.11. The highest BCUT2D eigenvalue weighted by molar-refractivity contribution is 8.00. The predicted molar refractivity (Wildman–Crippen MR) is 82.1 cm³/mol. The summed E-state index contributed by atoms with van der Waals surface area (Å²) in [6.07, 6.45) is 2.07. The summed E-state index contributed by atoms with van der Waals surface area (Å²) in [5.74, 6) is 1.15. The molecule has 1 aromatic carbocycles. The molecule has 20 heavy (non-hydrogen) atoms. The minimum Gasteiger partial charge on any atom is -0.343 e. The van der Waals surface area contributed by atoms with Gasteiger partial charge in [-0.05, 0) is 38.8 Å². The Morgan fingerprint density at radius 2 is 1.75 bits per heavy atom. The highest BCUT2D eigenvalue weighted by atomic mass is 32.2. The molecule has 1 aromatic rings. The number of carbonyl (C=O) groups is 2. The molecule has 0 saturated heterocycles. The normalized spacial score (nSPS) is 14.1. The zero-order valence-electron chi connectivity index (χ0n) is 12.1. The van der Waals surface area contributed by atoms with E-state index in [1.807, 2.05) is 43.0 Å². The van der Waals surface area contributed by atoms with Gasteiger partial charge in [-0.3, -0.25) is 9.59 Å². The van der Waals surface area contributed by atoms with Crippen molar-refractivity contribution in [3.05, 3.63) is 29.8 Å². The van der Waals surface area contributed by atoms with Gasteiger partial charge in [0.05, 0.1) is 5.75 Å². The quantitative estimate of drug-likeness (QED) is 0.572. The van der Waals surface area contributed by atoms with Crippen LogP contribution in [0, 0.1) is 5.92 Å². The van der Waals surface area contributed by atoms with Crippen LogP contribution in [0.5, 0.6) is 0 Å². The van der Waals surface area contributed by atoms with E-state index in [2.05, 4.69) is 0 Å². The molecule has 1 aliphatic rings. The first-order chi connectivity index (χ1) is 9.65. The molecule has 3 nitrogen and oxygen atoms in total. The maximum Gasteiger partial charge on any atom is 0.232 e. The number of hydrogen-bond acceptors (Lipinski definition) is 3. The van der Waals surface area contributed by atoms with Crippen LogP contribution in [-0.2, 0) is 4.79 Å². The Balaban J connectivity index is 1.87. The third-order valence-corrected chi connectivity index (χ3v) is 4.56. The Bertz CT molecular complexity index is 476. The summed E-state index contributed by atoms with van der Waals surface area (Å²) in [6.45, 7) is 5.49. The van der Waals surface area contributed by atoms with Crippen molar-refractivity contribution in [3.63, 3.8) is 0 Å². The Labute approximate surface area is 124 Å². The van der Waals surface area contributed by atoms with E-state index in [9.17, 15) is 9.59 Å². The van der Waals surface area contributed by atoms with Gasteiger partial charge in [0.25, 0.3) is 0 Å². The highest BCUT2D eigenvalue weighted by Gasteiger charge is 2.30. The summed E-state index contributed by atoms with van der Waals surface area (Å²) in [5, 5.41) is 0. The molecule has 0 radical (unpaired) electrons. The van der Waals surface area contributed by atoms with Crippen LogP contribution in [0.2, 0.25) is 0 Å². The number of Topliss-reactive ketones (excluding diaryl/α,β-unsaturated/α-hetero) is 1. The van der Waals surface area contributed by atoms with E-state index in [4.69, 9.17) is 0 Å². The van der Waals surface area contributed by atoms with Gasteiger partial charge in [0.1, 0.15) is 0 Å². The minimum atomic E-state index is 0.165. The molecule has 0 bridgehead atoms. The van der Waals surface area contributed by atoms with E-state index in [-0.39, 0.29) is 17.6 Å². The number of rotatable bonds is 7. The SMILES string of the molecule is CCN(CC)C(=O)CSc1ccc(C(=O)C2CC2)cc1. The van der Waals surface area contributed by atoms with Crippen molar-refractivity contribution in [1.82, 2.24) is 4.90 Å². The highest BCUT2D eigenvalue weighted by Crippen LogP contribution is 2.33. The lowest BCUT2D eigenvalue weighted by atomic mass is 10.1. The fourth-order valence-corrected chi connectivity index (χ4v) is 2.91. The minimum absolute atomic E-state index is 0.165. The molecule has 0 spiro atoms. The van der Waals surface area contributed by atoms with Crippen molar-refractivity contribution in [3.8, 4) is 0 Å². The van der Waals surface area contributed by atoms with Crippen LogP contribution in [0.25, 0.3) is 0 Å². The summed E-state index contributed by atoms with van der Waals surface area (Å²) in [4.78, 5) is 26.7. The molecular formula is C16H21NO2S. The predicted octanol–water partition coefficient (Wildman–Crippen LogP) is 3.24. The van der Waals surface area contributed by atoms with Crippen LogP contribution < -0.4 is 0 Å². The van der Waals surface area contributed by atoms with Gasteiger partial charge in [0, 0.05) is 29.5 Å². The Hall–Kier alpha value is -1.29. The first-order valence-corrected chi connectivity index (χ1v) is 8.19. The van der Waals surface area contributed by atoms with Crippen LogP contribution >= 0.6 is 11.8 Å². The molecule has 1 fully saturated rings. The van der Waals surface area contributed by atoms with E-state index in [0.717, 1.165) is 36.4 Å². The number of thioether (sulfide) groups is 1. The molecule has 1 aliphatic carbocycles. The average molecular weight is 291 g/mol. The fraction of sp³-hybridized carbons (Fsp3) is 0.500. The smallest absolute Gasteiger partial charge is 0.232 e. The first kappa shape index (κ1) is 15.1. The third kappa shape index (κ3) is 3.85. The first-order valence-electron chi connectivity index (χ1n) is 7.20. The standard InChI is InChI=1S/C16H21NO2S/c1-3-17(4-2)15(18)11-20-14-9-7-13(8-10-14)16(19)12-5-6-12/h7-10,12H,3-6,11H2,1-2H3. The lowest BCUT2D eigenvalue weighted by Crippen LogP contribution is -2.31. The van der Waals surface area contributed by atoms with E-state index < -0.39 is 0 Å². The molecule has 108 valence electrons. The molecule has 1 saturated carbocycles. The molecular weight excluding hydrogens is 270 g/mol. The van der Waals surface area contributed by atoms with Crippen LogP contribution in [-0.4, -0.2) is 35.4 Å². The van der Waals surface area contributed by atoms with Gasteiger partial charge in [-0.25, -0.2) is 0 Å². The van der Waals surface area contributed by atoms with Crippen LogP contribution in [0.15, 0.2) is 29.2 Å². The Morgan fingerprint density at radius 1 is 1.15 bits per heavy atom. The van der Waals surface area contributed by atoms with E-state index >= 15 is 0 Å². The van der Waals surface area contributed by atoms with Crippen molar-refractivity contribution < 1.29 is 9.59 Å². The summed E-state index contributed by atoms with van der Waals surface area (Å²) < 4.78 is 0. The van der Waals surface area contributed by atoms with Gasteiger partial charge in [-0.15, -0.1) is 11.8 Å². The van der Waals surface area contributed by atoms with Crippen LogP contribution in [0.1, 0.15) is 37.0 Å². The van der Waals surface area contributed by atoms with Crippen LogP contribution in [0.4, 0.5) is 0 Å². The van der Waals surface area contributed by atoms with Gasteiger partial charge in [0.15, 0.2) is 5.78 Å². The second kappa shape index (κ2) is 6.93. The maximum absolute atomic E-state index is 11.9. The molecule has 0 N–H and O–H groups in total. The molecule has 2 rings (SSSR count). The molecule has 0 unspecified atom stereocenters. The number of hydrogen-bond donors (Lipinski definition) is 0. The molecule has 0 aromatic heterocycles. The molecule has 0 aliphatic heterocycles. The monoisotopic (exact) mass is 291 g/mol. The van der Waals surface area contributed by atoms with E-state index in [1.54, 1.807) is 0 Å². The van der Waals surface area contributed by atoms with Crippen molar-refractivity contribution in [2.75, 3.05) is 18.8 Å². The molecule has 4 heteroatoms. The topological polar surface area (TPSA) is 37.4 Å². The van der Waals surface area contributed by atoms with E-state index in [0.29, 0.717) is 5.75 Å². The maximum atomic E-state index is 11.9. The summed E-state index contributed by atoms with van der Waals surface area (Å²) >= 11 is 1.53. The second-order valence-electron chi connectivity index (χ2n) is 5.02. The van der Waals surface area contributed by atoms with Crippen molar-refractivity contribution in [1.29, 1.82) is 0 Å². The Kier molecular flexibility index (Phi) is 5.24. The van der Waals surface area contributed by atoms with Gasteiger partial charge >= 0.3 is 0 Å². The Morgan fingerprint density at radius 3 is 2.25 bits per heavy atom. The number of carbonyl (C=O) groups excluding carboxylic acids is 2. The van der Waals surface area contributed by atoms with Crippen molar-refractivity contribution in [2.45, 2.75) is 31.6 Å². The lowest BCUT2D eigenvalue weighted by molar-refractivity contribution is -0.127. The molecule has 1 amide bonds. The van der Waals surface area contributed by atoms with Crippen LogP contribution in [0.3, 0.4) is 0 Å². The van der Waals surface area contributed by atoms with Crippen molar-refractivity contribution >= 4 is 23.5 Å². The van der Waals surface area contributed by atoms with Gasteiger partial charge in [-0.1, -0.05) is 12.1 Å². The zero-order chi connectivity index (χ0) is 14.5. The summed E-state index contributed by atoms with van der Waals surface area (Å²) in [5.41, 5.74) is 0.798. The number of ketones is 1. The summed E-state index contributed by atoms with van der Waals surface area (Å²) in [6, 6.07) is 7.64. The molecule has 0 atom stereocenters. The zero-order valence-corrected chi connectivity index (χ0v) is 12.9. The lowest BCUT2D eigenvalue weighted by Gasteiger charge is -2.18. The largest absolute Gasteiger partial charge is 0.343 e. The van der Waals surface area contributed by atoms with Gasteiger partial charge < -0.3 is 4.90 Å².